The van der Waals surface area contributed by atoms with E-state index in [0.717, 1.165) is 29.8 Å². The van der Waals surface area contributed by atoms with Crippen LogP contribution in [0.1, 0.15) is 37.5 Å². The van der Waals surface area contributed by atoms with Crippen molar-refractivity contribution in [1.82, 2.24) is 9.88 Å². The maximum absolute atomic E-state index is 13.0. The van der Waals surface area contributed by atoms with Crippen molar-refractivity contribution in [2.24, 2.45) is 5.92 Å². The zero-order valence-electron chi connectivity index (χ0n) is 13.8. The van der Waals surface area contributed by atoms with Gasteiger partial charge in [0.1, 0.15) is 6.10 Å². The number of hydrogen-bond acceptors (Lipinski definition) is 6. The number of allylic oxidation sites excluding steroid dienone is 1. The van der Waals surface area contributed by atoms with Crippen LogP contribution in [0.25, 0.3) is 0 Å². The highest BCUT2D eigenvalue weighted by molar-refractivity contribution is 7.09. The summed E-state index contributed by atoms with van der Waals surface area (Å²) in [6.07, 6.45) is 6.19. The van der Waals surface area contributed by atoms with Gasteiger partial charge in [0, 0.05) is 22.7 Å². The zero-order chi connectivity index (χ0) is 16.9. The van der Waals surface area contributed by atoms with Crippen molar-refractivity contribution in [1.29, 1.82) is 0 Å². The van der Waals surface area contributed by atoms with E-state index in [1.807, 2.05) is 0 Å². The van der Waals surface area contributed by atoms with E-state index in [2.05, 4.69) is 11.1 Å². The Bertz CT molecular complexity index is 614. The molecule has 1 fully saturated rings. The lowest BCUT2D eigenvalue weighted by molar-refractivity contribution is -0.153. The average Bonchev–Trinajstić information content (AvgIpc) is 3.05. The van der Waals surface area contributed by atoms with Gasteiger partial charge in [-0.05, 0) is 26.2 Å². The summed E-state index contributed by atoms with van der Waals surface area (Å²) >= 11 is 1.52. The molecule has 3 rings (SSSR count). The molecule has 1 aliphatic heterocycles. The minimum atomic E-state index is -0.775. The third kappa shape index (κ3) is 3.84. The smallest absolute Gasteiger partial charge is 0.308 e. The van der Waals surface area contributed by atoms with Gasteiger partial charge in [-0.2, -0.15) is 0 Å². The van der Waals surface area contributed by atoms with Gasteiger partial charge in [-0.3, -0.25) is 14.6 Å². The summed E-state index contributed by atoms with van der Waals surface area (Å²) < 4.78 is 10.8. The van der Waals surface area contributed by atoms with Crippen molar-refractivity contribution in [3.8, 4) is 0 Å². The van der Waals surface area contributed by atoms with E-state index in [1.165, 1.54) is 11.3 Å². The first-order valence-electron chi connectivity index (χ1n) is 8.35. The van der Waals surface area contributed by atoms with Gasteiger partial charge in [0.25, 0.3) is 5.91 Å². The Morgan fingerprint density at radius 2 is 2.42 bits per heavy atom. The zero-order valence-corrected chi connectivity index (χ0v) is 14.6. The van der Waals surface area contributed by atoms with Crippen LogP contribution in [0.3, 0.4) is 0 Å². The molecule has 0 aromatic carbocycles. The number of nitrogens with zero attached hydrogens (tertiary/aromatic N) is 2. The molecule has 24 heavy (non-hydrogen) atoms. The monoisotopic (exact) mass is 350 g/mol. The Hall–Kier alpha value is -1.73. The summed E-state index contributed by atoms with van der Waals surface area (Å²) in [5.41, 5.74) is 2.79. The predicted octanol–water partition coefficient (Wildman–Crippen LogP) is 2.51. The quantitative estimate of drug-likeness (QED) is 0.763. The Kier molecular flexibility index (Phi) is 5.63. The van der Waals surface area contributed by atoms with Crippen molar-refractivity contribution in [3.05, 3.63) is 28.4 Å². The number of carbonyl (C=O) groups is 2. The van der Waals surface area contributed by atoms with Gasteiger partial charge in [0.05, 0.1) is 31.7 Å². The predicted molar refractivity (Wildman–Crippen MR) is 89.1 cm³/mol. The van der Waals surface area contributed by atoms with Gasteiger partial charge >= 0.3 is 5.97 Å². The second-order valence-electron chi connectivity index (χ2n) is 5.98. The van der Waals surface area contributed by atoms with Gasteiger partial charge in [-0.15, -0.1) is 11.3 Å². The standard InChI is InChI=1S/C17H22N2O4S/c1-2-22-16(20)7-15-17(21)19(9-13-8-18-11-24-13)14-6-4-3-5-12(14)10-23-15/h6,8,11-12,15H,2-5,7,9-10H2,1H3. The second-order valence-corrected chi connectivity index (χ2v) is 6.95. The van der Waals surface area contributed by atoms with Gasteiger partial charge in [-0.25, -0.2) is 0 Å². The van der Waals surface area contributed by atoms with Crippen LogP contribution in [-0.2, 0) is 25.6 Å². The highest BCUT2D eigenvalue weighted by Crippen LogP contribution is 2.33. The average molecular weight is 350 g/mol. The maximum atomic E-state index is 13.0. The van der Waals surface area contributed by atoms with E-state index in [9.17, 15) is 9.59 Å². The minimum absolute atomic E-state index is 0.0358. The summed E-state index contributed by atoms with van der Waals surface area (Å²) in [6.45, 7) is 3.01. The third-order valence-corrected chi connectivity index (χ3v) is 5.10. The van der Waals surface area contributed by atoms with E-state index >= 15 is 0 Å². The van der Waals surface area contributed by atoms with E-state index in [0.29, 0.717) is 19.8 Å². The number of ether oxygens (including phenoxy) is 2. The van der Waals surface area contributed by atoms with Crippen LogP contribution < -0.4 is 0 Å². The van der Waals surface area contributed by atoms with Crippen molar-refractivity contribution < 1.29 is 19.1 Å². The van der Waals surface area contributed by atoms with E-state index in [4.69, 9.17) is 9.47 Å². The van der Waals surface area contributed by atoms with Gasteiger partial charge in [0.2, 0.25) is 0 Å². The number of hydrogen-bond donors (Lipinski definition) is 0. The van der Waals surface area contributed by atoms with Gasteiger partial charge in [-0.1, -0.05) is 6.08 Å². The van der Waals surface area contributed by atoms with E-state index < -0.39 is 12.1 Å². The molecule has 1 saturated heterocycles. The Morgan fingerprint density at radius 3 is 3.17 bits per heavy atom. The molecule has 7 heteroatoms. The van der Waals surface area contributed by atoms with Crippen LogP contribution in [-0.4, -0.2) is 41.1 Å². The maximum Gasteiger partial charge on any atom is 0.308 e. The van der Waals surface area contributed by atoms with E-state index in [1.54, 1.807) is 23.5 Å². The highest BCUT2D eigenvalue weighted by Gasteiger charge is 2.37. The molecule has 0 bridgehead atoms. The first kappa shape index (κ1) is 17.1. The summed E-state index contributed by atoms with van der Waals surface area (Å²) in [7, 11) is 0. The lowest BCUT2D eigenvalue weighted by atomic mass is 9.92. The molecule has 0 spiro atoms. The molecule has 1 aromatic rings. The van der Waals surface area contributed by atoms with Crippen molar-refractivity contribution in [2.45, 2.75) is 45.3 Å². The van der Waals surface area contributed by atoms with Crippen molar-refractivity contribution >= 4 is 23.2 Å². The number of carbonyl (C=O) groups excluding carboxylic acids is 2. The molecule has 1 aromatic heterocycles. The van der Waals surface area contributed by atoms with Crippen LogP contribution in [0.4, 0.5) is 0 Å². The first-order chi connectivity index (χ1) is 11.7. The molecular weight excluding hydrogens is 328 g/mol. The number of rotatable bonds is 5. The number of aromatic nitrogens is 1. The number of esters is 1. The fourth-order valence-electron chi connectivity index (χ4n) is 3.20. The molecule has 6 nitrogen and oxygen atoms in total. The lowest BCUT2D eigenvalue weighted by Gasteiger charge is -2.30. The summed E-state index contributed by atoms with van der Waals surface area (Å²) in [5, 5.41) is 0. The van der Waals surface area contributed by atoms with Crippen LogP contribution in [0.5, 0.6) is 0 Å². The lowest BCUT2D eigenvalue weighted by Crippen LogP contribution is -2.39. The fourth-order valence-corrected chi connectivity index (χ4v) is 3.78. The van der Waals surface area contributed by atoms with Gasteiger partial charge < -0.3 is 14.4 Å². The Labute approximate surface area is 145 Å². The molecule has 130 valence electrons. The normalized spacial score (nSPS) is 24.1. The molecule has 1 amide bonds. The number of amides is 1. The largest absolute Gasteiger partial charge is 0.466 e. The second kappa shape index (κ2) is 7.90. The molecule has 2 unspecified atom stereocenters. The molecule has 0 N–H and O–H groups in total. The SMILES string of the molecule is CCOC(=O)CC1OCC2CCCC=C2N(Cc2cncs2)C1=O. The molecule has 0 radical (unpaired) electrons. The topological polar surface area (TPSA) is 68.7 Å². The Morgan fingerprint density at radius 1 is 1.54 bits per heavy atom. The van der Waals surface area contributed by atoms with Crippen molar-refractivity contribution in [3.63, 3.8) is 0 Å². The van der Waals surface area contributed by atoms with E-state index in [-0.39, 0.29) is 18.2 Å². The summed E-state index contributed by atoms with van der Waals surface area (Å²) in [4.78, 5) is 31.7. The molecular formula is C17H22N2O4S. The molecule has 2 aliphatic rings. The van der Waals surface area contributed by atoms with Crippen LogP contribution >= 0.6 is 11.3 Å². The minimum Gasteiger partial charge on any atom is -0.466 e. The fraction of sp³-hybridized carbons (Fsp3) is 0.588. The van der Waals surface area contributed by atoms with Crippen LogP contribution in [0.15, 0.2) is 23.5 Å². The Balaban J connectivity index is 1.82. The molecule has 1 aliphatic carbocycles. The number of fused-ring (bicyclic) bond motifs is 1. The molecule has 2 atom stereocenters. The first-order valence-corrected chi connectivity index (χ1v) is 9.23. The number of thiazole rings is 1. The highest BCUT2D eigenvalue weighted by atomic mass is 32.1. The molecule has 0 saturated carbocycles. The van der Waals surface area contributed by atoms with Crippen LogP contribution in [0, 0.1) is 5.92 Å². The van der Waals surface area contributed by atoms with Crippen molar-refractivity contribution in [2.75, 3.05) is 13.2 Å². The van der Waals surface area contributed by atoms with Gasteiger partial charge in [0.15, 0.2) is 0 Å². The molecule has 2 heterocycles. The third-order valence-electron chi connectivity index (χ3n) is 4.34. The summed E-state index contributed by atoms with van der Waals surface area (Å²) in [5.74, 6) is -0.345. The van der Waals surface area contributed by atoms with Crippen LogP contribution in [0.2, 0.25) is 0 Å². The summed E-state index contributed by atoms with van der Waals surface area (Å²) in [6, 6.07) is 0.